The van der Waals surface area contributed by atoms with E-state index in [2.05, 4.69) is 0 Å². The molecule has 10 heteroatoms. The number of aryl methyl sites for hydroxylation is 2. The van der Waals surface area contributed by atoms with Crippen molar-refractivity contribution in [2.45, 2.75) is 31.7 Å². The van der Waals surface area contributed by atoms with Crippen LogP contribution in [0.3, 0.4) is 0 Å². The highest BCUT2D eigenvalue weighted by Crippen LogP contribution is 2.42. The van der Waals surface area contributed by atoms with Gasteiger partial charge < -0.3 is 5.11 Å². The van der Waals surface area contributed by atoms with E-state index in [0.29, 0.717) is 5.56 Å². The number of hydrogen-bond acceptors (Lipinski definition) is 7. The van der Waals surface area contributed by atoms with E-state index in [-0.39, 0.29) is 11.1 Å². The fraction of sp³-hybridized carbons (Fsp3) is 0.385. The lowest BCUT2D eigenvalue weighted by atomic mass is 9.80. The van der Waals surface area contributed by atoms with Crippen LogP contribution in [0.4, 0.5) is 0 Å². The van der Waals surface area contributed by atoms with Gasteiger partial charge in [-0.2, -0.15) is 0 Å². The number of benzene rings is 1. The van der Waals surface area contributed by atoms with Crippen LogP contribution in [0.15, 0.2) is 24.3 Å². The van der Waals surface area contributed by atoms with E-state index < -0.39 is 32.6 Å². The van der Waals surface area contributed by atoms with Gasteiger partial charge in [0.25, 0.3) is 0 Å². The highest BCUT2D eigenvalue weighted by atomic mass is 16.7. The molecule has 0 unspecified atom stereocenters. The van der Waals surface area contributed by atoms with Gasteiger partial charge in [0, 0.05) is 0 Å². The second-order valence-corrected chi connectivity index (χ2v) is 5.33. The Morgan fingerprint density at radius 3 is 1.78 bits per heavy atom. The first-order chi connectivity index (χ1) is 10.6. The van der Waals surface area contributed by atoms with Gasteiger partial charge in [-0.1, -0.05) is 24.3 Å². The summed E-state index contributed by atoms with van der Waals surface area (Å²) in [5.41, 5.74) is 1.61. The maximum atomic E-state index is 11.3. The maximum absolute atomic E-state index is 11.3. The maximum Gasteiger partial charge on any atom is 0.710 e. The molecule has 0 aliphatic heterocycles. The molecule has 10 nitrogen and oxygen atoms in total. The molecule has 1 N–H and O–H groups in total. The molecule has 23 heavy (non-hydrogen) atoms. The minimum absolute atomic E-state index is 0.00759. The van der Waals surface area contributed by atoms with Crippen molar-refractivity contribution in [1.29, 1.82) is 0 Å². The quantitative estimate of drug-likeness (QED) is 0.381. The van der Waals surface area contributed by atoms with Gasteiger partial charge in [0.05, 0.1) is 6.10 Å². The molecule has 0 saturated heterocycles. The minimum atomic E-state index is -3.65. The molecule has 1 aromatic carbocycles. The number of nitrogens with zero attached hydrogens (tertiary/aromatic N) is 3. The van der Waals surface area contributed by atoms with Crippen molar-refractivity contribution in [1.82, 2.24) is 0 Å². The van der Waals surface area contributed by atoms with Gasteiger partial charge in [0.1, 0.15) is 0 Å². The van der Waals surface area contributed by atoms with Gasteiger partial charge in [-0.3, -0.25) is 30.3 Å². The first-order valence-electron chi connectivity index (χ1n) is 6.55. The van der Waals surface area contributed by atoms with E-state index in [4.69, 9.17) is 0 Å². The van der Waals surface area contributed by atoms with Gasteiger partial charge in [-0.15, -0.1) is 0 Å². The van der Waals surface area contributed by atoms with Crippen LogP contribution in [-0.4, -0.2) is 25.7 Å². The van der Waals surface area contributed by atoms with Crippen LogP contribution in [0, 0.1) is 44.2 Å². The Morgan fingerprint density at radius 2 is 1.35 bits per heavy atom. The standard InChI is InChI=1S/C13H13N3O7/c1-7-5-9-10(6-8(7)2)12(17)4-3-11(9)13(14(18)19,15(20)21)16(22)23/h3-6,11-12,17H,1-2H3/t11-,12+/m0/s1. The highest BCUT2D eigenvalue weighted by molar-refractivity contribution is 5.46. The molecule has 1 aliphatic rings. The summed E-state index contributed by atoms with van der Waals surface area (Å²) >= 11 is 0. The molecular weight excluding hydrogens is 310 g/mol. The summed E-state index contributed by atoms with van der Waals surface area (Å²) in [5.74, 6) is -5.38. The highest BCUT2D eigenvalue weighted by Gasteiger charge is 2.76. The molecule has 1 aromatic rings. The molecule has 122 valence electrons. The van der Waals surface area contributed by atoms with E-state index in [0.717, 1.165) is 17.7 Å². The normalized spacial score (nSPS) is 20.0. The van der Waals surface area contributed by atoms with Gasteiger partial charge in [0.15, 0.2) is 14.8 Å². The molecule has 0 aromatic heterocycles. The van der Waals surface area contributed by atoms with Crippen LogP contribution in [-0.2, 0) is 0 Å². The zero-order valence-corrected chi connectivity index (χ0v) is 12.2. The summed E-state index contributed by atoms with van der Waals surface area (Å²) < 4.78 is 0. The third kappa shape index (κ3) is 2.23. The van der Waals surface area contributed by atoms with E-state index >= 15 is 0 Å². The molecule has 0 spiro atoms. The van der Waals surface area contributed by atoms with Crippen LogP contribution >= 0.6 is 0 Å². The SMILES string of the molecule is Cc1cc2c(cc1C)[C@@H](C([N+](=O)[O-])([N+](=O)[O-])[N+](=O)[O-])C=C[C@H]2O. The molecule has 0 fully saturated rings. The molecular formula is C13H13N3O7. The third-order valence-electron chi connectivity index (χ3n) is 4.06. The molecule has 0 radical (unpaired) electrons. The van der Waals surface area contributed by atoms with Crippen LogP contribution in [0.5, 0.6) is 0 Å². The van der Waals surface area contributed by atoms with E-state index in [1.165, 1.54) is 12.1 Å². The topological polar surface area (TPSA) is 150 Å². The molecule has 0 bridgehead atoms. The summed E-state index contributed by atoms with van der Waals surface area (Å²) in [5, 5.41) is 43.8. The van der Waals surface area contributed by atoms with Crippen molar-refractivity contribution in [3.63, 3.8) is 0 Å². The van der Waals surface area contributed by atoms with Crippen molar-refractivity contribution in [2.24, 2.45) is 0 Å². The van der Waals surface area contributed by atoms with Gasteiger partial charge in [0.2, 0.25) is 5.92 Å². The minimum Gasteiger partial charge on any atom is -0.384 e. The second-order valence-electron chi connectivity index (χ2n) is 5.33. The number of nitro groups is 3. The van der Waals surface area contributed by atoms with Gasteiger partial charge in [-0.05, 0) is 36.1 Å². The first kappa shape index (κ1) is 16.5. The Kier molecular flexibility index (Phi) is 3.87. The second kappa shape index (κ2) is 5.39. The van der Waals surface area contributed by atoms with E-state index in [1.807, 2.05) is 0 Å². The number of hydrogen-bond donors (Lipinski definition) is 1. The Hall–Kier alpha value is -2.88. The molecule has 1 aliphatic carbocycles. The number of fused-ring (bicyclic) bond motifs is 1. The third-order valence-corrected chi connectivity index (χ3v) is 4.06. The Bertz CT molecular complexity index is 707. The van der Waals surface area contributed by atoms with E-state index in [1.54, 1.807) is 13.8 Å². The Labute approximate surface area is 129 Å². The number of rotatable bonds is 4. The summed E-state index contributed by atoms with van der Waals surface area (Å²) in [4.78, 5) is 29.3. The molecule has 2 atom stereocenters. The van der Waals surface area contributed by atoms with Crippen LogP contribution < -0.4 is 0 Å². The molecule has 2 rings (SSSR count). The average molecular weight is 323 g/mol. The summed E-state index contributed by atoms with van der Waals surface area (Å²) in [7, 11) is 0. The lowest BCUT2D eigenvalue weighted by Gasteiger charge is -2.25. The van der Waals surface area contributed by atoms with Crippen molar-refractivity contribution in [2.75, 3.05) is 0 Å². The summed E-state index contributed by atoms with van der Waals surface area (Å²) in [6, 6.07) is 2.93. The molecule has 0 amide bonds. The predicted octanol–water partition coefficient (Wildman–Crippen LogP) is 1.47. The summed E-state index contributed by atoms with van der Waals surface area (Å²) in [6.07, 6.45) is 0.909. The van der Waals surface area contributed by atoms with E-state index in [9.17, 15) is 35.4 Å². The van der Waals surface area contributed by atoms with Gasteiger partial charge in [-0.25, -0.2) is 0 Å². The fourth-order valence-electron chi connectivity index (χ4n) is 2.69. The predicted molar refractivity (Wildman–Crippen MR) is 76.5 cm³/mol. The van der Waals surface area contributed by atoms with Crippen LogP contribution in [0.1, 0.15) is 34.3 Å². The van der Waals surface area contributed by atoms with Crippen molar-refractivity contribution in [3.05, 3.63) is 76.9 Å². The zero-order valence-electron chi connectivity index (χ0n) is 12.2. The van der Waals surface area contributed by atoms with Crippen molar-refractivity contribution in [3.8, 4) is 0 Å². The van der Waals surface area contributed by atoms with Gasteiger partial charge >= 0.3 is 5.79 Å². The number of aliphatic hydroxyl groups is 1. The number of aliphatic hydroxyl groups excluding tert-OH is 1. The lowest BCUT2D eigenvalue weighted by molar-refractivity contribution is -0.972. The molecule has 0 heterocycles. The lowest BCUT2D eigenvalue weighted by Crippen LogP contribution is -2.57. The summed E-state index contributed by atoms with van der Waals surface area (Å²) in [6.45, 7) is 3.40. The van der Waals surface area contributed by atoms with Crippen molar-refractivity contribution < 1.29 is 19.9 Å². The Morgan fingerprint density at radius 1 is 0.913 bits per heavy atom. The average Bonchev–Trinajstić information content (AvgIpc) is 2.43. The fourth-order valence-corrected chi connectivity index (χ4v) is 2.69. The molecule has 0 saturated carbocycles. The van der Waals surface area contributed by atoms with Crippen LogP contribution in [0.2, 0.25) is 0 Å². The van der Waals surface area contributed by atoms with Crippen LogP contribution in [0.25, 0.3) is 0 Å². The zero-order chi connectivity index (χ0) is 17.5. The monoisotopic (exact) mass is 323 g/mol. The van der Waals surface area contributed by atoms with Crippen molar-refractivity contribution >= 4 is 0 Å². The Balaban J connectivity index is 2.80. The first-order valence-corrected chi connectivity index (χ1v) is 6.55. The largest absolute Gasteiger partial charge is 0.710 e. The smallest absolute Gasteiger partial charge is 0.384 e.